The Morgan fingerprint density at radius 1 is 1.23 bits per heavy atom. The van der Waals surface area contributed by atoms with Gasteiger partial charge in [0.2, 0.25) is 11.8 Å². The van der Waals surface area contributed by atoms with E-state index in [9.17, 15) is 4.79 Å². The molecule has 30 heavy (non-hydrogen) atoms. The number of aromatic nitrogens is 4. The van der Waals surface area contributed by atoms with Crippen LogP contribution in [-0.4, -0.2) is 43.8 Å². The summed E-state index contributed by atoms with van der Waals surface area (Å²) in [6.07, 6.45) is 2.93. The summed E-state index contributed by atoms with van der Waals surface area (Å²) in [5, 5.41) is 11.8. The van der Waals surface area contributed by atoms with Crippen molar-refractivity contribution in [2.75, 3.05) is 13.1 Å². The molecule has 1 fully saturated rings. The van der Waals surface area contributed by atoms with Crippen LogP contribution in [0.4, 0.5) is 0 Å². The fourth-order valence-electron chi connectivity index (χ4n) is 4.03. The fourth-order valence-corrected chi connectivity index (χ4v) is 4.03. The summed E-state index contributed by atoms with van der Waals surface area (Å²) < 4.78 is 7.37. The van der Waals surface area contributed by atoms with Gasteiger partial charge in [0, 0.05) is 30.8 Å². The molecule has 8 nitrogen and oxygen atoms in total. The van der Waals surface area contributed by atoms with E-state index >= 15 is 0 Å². The molecule has 1 amide bonds. The predicted octanol–water partition coefficient (Wildman–Crippen LogP) is 2.89. The third kappa shape index (κ3) is 4.00. The number of nitrogens with one attached hydrogen (secondary N) is 1. The molecule has 1 N–H and O–H groups in total. The van der Waals surface area contributed by atoms with Gasteiger partial charge in [0.05, 0.1) is 17.9 Å². The number of carbonyl (C=O) groups is 1. The van der Waals surface area contributed by atoms with Gasteiger partial charge >= 0.3 is 0 Å². The second-order valence-electron chi connectivity index (χ2n) is 7.70. The average molecular weight is 409 g/mol. The number of hydrogen-bond acceptors (Lipinski definition) is 6. The molecule has 0 radical (unpaired) electrons. The first-order valence-electron chi connectivity index (χ1n) is 10.5. The largest absolute Gasteiger partial charge is 0.353 e. The van der Waals surface area contributed by atoms with Crippen molar-refractivity contribution >= 4 is 5.91 Å². The molecule has 1 atom stereocenters. The van der Waals surface area contributed by atoms with E-state index in [0.717, 1.165) is 47.7 Å². The molecule has 0 spiro atoms. The highest BCUT2D eigenvalue weighted by Gasteiger charge is 2.36. The first-order chi connectivity index (χ1) is 14.6. The number of carbonyl (C=O) groups excluding carboxylic acids is 1. The minimum atomic E-state index is -0.442. The number of benzene rings is 1. The summed E-state index contributed by atoms with van der Waals surface area (Å²) in [5.74, 6) is 1.26. The minimum Gasteiger partial charge on any atom is -0.353 e. The van der Waals surface area contributed by atoms with Crippen molar-refractivity contribution in [1.82, 2.24) is 30.1 Å². The molecular weight excluding hydrogens is 380 g/mol. The molecule has 0 unspecified atom stereocenters. The van der Waals surface area contributed by atoms with E-state index in [2.05, 4.69) is 27.3 Å². The van der Waals surface area contributed by atoms with Crippen LogP contribution in [0.2, 0.25) is 0 Å². The zero-order valence-electron chi connectivity index (χ0n) is 17.8. The monoisotopic (exact) mass is 408 g/mol. The van der Waals surface area contributed by atoms with E-state index in [1.165, 1.54) is 0 Å². The van der Waals surface area contributed by atoms with E-state index < -0.39 is 6.04 Å². The van der Waals surface area contributed by atoms with Gasteiger partial charge < -0.3 is 9.84 Å². The Labute approximate surface area is 176 Å². The number of nitrogens with zero attached hydrogens (tertiary/aromatic N) is 5. The lowest BCUT2D eigenvalue weighted by Gasteiger charge is -2.34. The smallest absolute Gasteiger partial charge is 0.242 e. The van der Waals surface area contributed by atoms with Crippen molar-refractivity contribution in [3.63, 3.8) is 0 Å². The molecule has 3 heterocycles. The maximum absolute atomic E-state index is 12.9. The molecule has 3 aromatic rings. The second-order valence-corrected chi connectivity index (χ2v) is 7.70. The summed E-state index contributed by atoms with van der Waals surface area (Å²) in [7, 11) is 0. The maximum atomic E-state index is 12.9. The molecular formula is C22H28N6O2. The van der Waals surface area contributed by atoms with Crippen LogP contribution in [0, 0.1) is 13.8 Å². The lowest BCUT2D eigenvalue weighted by Crippen LogP contribution is -2.49. The van der Waals surface area contributed by atoms with Crippen molar-refractivity contribution in [3.05, 3.63) is 59.0 Å². The number of unbranched alkanes of at least 4 members (excludes halogenated alkanes) is 1. The quantitative estimate of drug-likeness (QED) is 0.647. The Hall–Kier alpha value is -3.00. The molecule has 158 valence electrons. The summed E-state index contributed by atoms with van der Waals surface area (Å²) in [5.41, 5.74) is 3.71. The molecule has 8 heteroatoms. The van der Waals surface area contributed by atoms with Gasteiger partial charge in [0.15, 0.2) is 5.82 Å². The zero-order valence-corrected chi connectivity index (χ0v) is 17.8. The van der Waals surface area contributed by atoms with Gasteiger partial charge in [0.1, 0.15) is 6.04 Å². The third-order valence-electron chi connectivity index (χ3n) is 5.54. The highest BCUT2D eigenvalue weighted by molar-refractivity contribution is 5.84. The lowest BCUT2D eigenvalue weighted by atomic mass is 10.00. The van der Waals surface area contributed by atoms with Gasteiger partial charge in [-0.25, -0.2) is 4.68 Å². The number of hydrogen-bond donors (Lipinski definition) is 1. The Kier molecular flexibility index (Phi) is 5.94. The van der Waals surface area contributed by atoms with Crippen LogP contribution in [0.15, 0.2) is 34.9 Å². The number of aryl methyl sites for hydroxylation is 2. The highest BCUT2D eigenvalue weighted by atomic mass is 16.5. The van der Waals surface area contributed by atoms with Gasteiger partial charge in [-0.1, -0.05) is 36.7 Å². The summed E-state index contributed by atoms with van der Waals surface area (Å²) in [4.78, 5) is 19.6. The van der Waals surface area contributed by atoms with Crippen LogP contribution in [0.3, 0.4) is 0 Å². The van der Waals surface area contributed by atoms with Gasteiger partial charge in [0.25, 0.3) is 0 Å². The molecule has 0 bridgehead atoms. The van der Waals surface area contributed by atoms with Gasteiger partial charge in [-0.15, -0.1) is 0 Å². The standard InChI is InChI=1S/C22H28N6O2/c1-4-5-11-18-24-19(30-26-18)14-27-13-12-23-22(29)21(27)20-15(2)25-28(16(20)3)17-9-7-6-8-10-17/h6-10,21H,4-5,11-14H2,1-3H3,(H,23,29)/t21-/m1/s1. The molecule has 1 aromatic carbocycles. The van der Waals surface area contributed by atoms with Crippen molar-refractivity contribution in [1.29, 1.82) is 0 Å². The highest BCUT2D eigenvalue weighted by Crippen LogP contribution is 2.31. The SMILES string of the molecule is CCCCc1noc(CN2CCNC(=O)[C@H]2c2c(C)nn(-c3ccccc3)c2C)n1. The lowest BCUT2D eigenvalue weighted by molar-refractivity contribution is -0.129. The first kappa shape index (κ1) is 20.3. The second kappa shape index (κ2) is 8.79. The van der Waals surface area contributed by atoms with E-state index in [1.807, 2.05) is 48.9 Å². The van der Waals surface area contributed by atoms with E-state index in [4.69, 9.17) is 9.62 Å². The van der Waals surface area contributed by atoms with Crippen LogP contribution >= 0.6 is 0 Å². The van der Waals surface area contributed by atoms with Crippen LogP contribution in [0.5, 0.6) is 0 Å². The van der Waals surface area contributed by atoms with Crippen LogP contribution in [0.1, 0.15) is 54.5 Å². The predicted molar refractivity (Wildman–Crippen MR) is 112 cm³/mol. The topological polar surface area (TPSA) is 89.1 Å². The third-order valence-corrected chi connectivity index (χ3v) is 5.54. The molecule has 0 aliphatic carbocycles. The molecule has 1 aliphatic rings. The number of para-hydroxylation sites is 1. The van der Waals surface area contributed by atoms with Crippen molar-refractivity contribution in [3.8, 4) is 5.69 Å². The van der Waals surface area contributed by atoms with Crippen molar-refractivity contribution < 1.29 is 9.32 Å². The first-order valence-corrected chi connectivity index (χ1v) is 10.5. The Morgan fingerprint density at radius 2 is 2.03 bits per heavy atom. The molecule has 2 aromatic heterocycles. The normalized spacial score (nSPS) is 17.3. The van der Waals surface area contributed by atoms with E-state index in [0.29, 0.717) is 25.5 Å². The Morgan fingerprint density at radius 3 is 2.80 bits per heavy atom. The maximum Gasteiger partial charge on any atom is 0.242 e. The average Bonchev–Trinajstić information content (AvgIpc) is 3.31. The molecule has 1 aliphatic heterocycles. The van der Waals surface area contributed by atoms with Gasteiger partial charge in [-0.3, -0.25) is 9.69 Å². The molecule has 1 saturated heterocycles. The van der Waals surface area contributed by atoms with E-state index in [1.54, 1.807) is 0 Å². The summed E-state index contributed by atoms with van der Waals surface area (Å²) in [6.45, 7) is 7.84. The van der Waals surface area contributed by atoms with Crippen molar-refractivity contribution in [2.45, 2.75) is 52.6 Å². The summed E-state index contributed by atoms with van der Waals surface area (Å²) >= 11 is 0. The number of piperazine rings is 1. The van der Waals surface area contributed by atoms with Crippen LogP contribution in [0.25, 0.3) is 5.69 Å². The van der Waals surface area contributed by atoms with Crippen LogP contribution < -0.4 is 5.32 Å². The Balaban J connectivity index is 1.63. The molecule has 4 rings (SSSR count). The molecule has 0 saturated carbocycles. The number of amides is 1. The zero-order chi connectivity index (χ0) is 21.1. The van der Waals surface area contributed by atoms with E-state index in [-0.39, 0.29) is 5.91 Å². The summed E-state index contributed by atoms with van der Waals surface area (Å²) in [6, 6.07) is 9.53. The fraction of sp³-hybridized carbons (Fsp3) is 0.455. The van der Waals surface area contributed by atoms with Gasteiger partial charge in [-0.05, 0) is 32.4 Å². The van der Waals surface area contributed by atoms with Gasteiger partial charge in [-0.2, -0.15) is 10.1 Å². The number of rotatable bonds is 7. The Bertz CT molecular complexity index is 1010. The van der Waals surface area contributed by atoms with Crippen molar-refractivity contribution in [2.24, 2.45) is 0 Å². The minimum absolute atomic E-state index is 0.0224. The van der Waals surface area contributed by atoms with Crippen LogP contribution in [-0.2, 0) is 17.8 Å².